The van der Waals surface area contributed by atoms with E-state index >= 15 is 0 Å². The van der Waals surface area contributed by atoms with Crippen molar-refractivity contribution in [2.45, 2.75) is 25.6 Å². The Morgan fingerprint density at radius 1 is 1.24 bits per heavy atom. The molecule has 0 unspecified atom stereocenters. The van der Waals surface area contributed by atoms with E-state index < -0.39 is 17.6 Å². The SMILES string of the molecule is COc1ncc(-c2cc(C(F)(F)F)c3c(N)ncnn23)cc1C(=O)Nc1cnn(CC2CC2)c1. The number of hydrogen-bond acceptors (Lipinski definition) is 7. The summed E-state index contributed by atoms with van der Waals surface area (Å²) in [6.45, 7) is 0.782. The van der Waals surface area contributed by atoms with Crippen molar-refractivity contribution in [2.75, 3.05) is 18.2 Å². The Morgan fingerprint density at radius 3 is 2.74 bits per heavy atom. The molecule has 5 rings (SSSR count). The molecule has 0 spiro atoms. The fourth-order valence-electron chi connectivity index (χ4n) is 3.70. The molecule has 0 aromatic carbocycles. The second-order valence-electron chi connectivity index (χ2n) is 7.98. The van der Waals surface area contributed by atoms with Gasteiger partial charge in [-0.15, -0.1) is 0 Å². The van der Waals surface area contributed by atoms with E-state index in [1.165, 1.54) is 25.6 Å². The summed E-state index contributed by atoms with van der Waals surface area (Å²) in [5.41, 5.74) is 5.09. The van der Waals surface area contributed by atoms with E-state index in [0.29, 0.717) is 11.6 Å². The van der Waals surface area contributed by atoms with Gasteiger partial charge < -0.3 is 15.8 Å². The molecule has 4 heterocycles. The Hall–Kier alpha value is -4.16. The van der Waals surface area contributed by atoms with Crippen molar-refractivity contribution in [1.82, 2.24) is 29.4 Å². The van der Waals surface area contributed by atoms with Gasteiger partial charge in [0.2, 0.25) is 5.88 Å². The van der Waals surface area contributed by atoms with Crippen LogP contribution in [0.15, 0.2) is 37.1 Å². The smallest absolute Gasteiger partial charge is 0.418 e. The molecule has 0 aliphatic heterocycles. The highest BCUT2D eigenvalue weighted by molar-refractivity contribution is 6.06. The maximum Gasteiger partial charge on any atom is 0.418 e. The minimum absolute atomic E-state index is 0.0117. The van der Waals surface area contributed by atoms with Crippen LogP contribution in [0, 0.1) is 5.92 Å². The predicted octanol–water partition coefficient (Wildman–Crippen LogP) is 3.26. The lowest BCUT2D eigenvalue weighted by molar-refractivity contribution is -0.136. The number of rotatable bonds is 6. The third-order valence-electron chi connectivity index (χ3n) is 5.51. The zero-order valence-electron chi connectivity index (χ0n) is 17.9. The first kappa shape index (κ1) is 21.7. The quantitative estimate of drug-likeness (QED) is 0.441. The van der Waals surface area contributed by atoms with Gasteiger partial charge in [0.1, 0.15) is 17.4 Å². The summed E-state index contributed by atoms with van der Waals surface area (Å²) >= 11 is 0. The molecular formula is C21H19F3N8O2. The normalized spacial score (nSPS) is 13.9. The van der Waals surface area contributed by atoms with Crippen LogP contribution in [0.3, 0.4) is 0 Å². The summed E-state index contributed by atoms with van der Waals surface area (Å²) in [4.78, 5) is 20.8. The highest BCUT2D eigenvalue weighted by Gasteiger charge is 2.36. The lowest BCUT2D eigenvalue weighted by Gasteiger charge is -2.10. The zero-order chi connectivity index (χ0) is 24.0. The first-order chi connectivity index (χ1) is 16.2. The maximum absolute atomic E-state index is 13.6. The summed E-state index contributed by atoms with van der Waals surface area (Å²) in [6, 6.07) is 2.28. The molecule has 4 aromatic rings. The molecular weight excluding hydrogens is 453 g/mol. The third kappa shape index (κ3) is 4.00. The van der Waals surface area contributed by atoms with E-state index in [4.69, 9.17) is 10.5 Å². The van der Waals surface area contributed by atoms with E-state index in [0.717, 1.165) is 36.3 Å². The van der Waals surface area contributed by atoms with E-state index in [1.807, 2.05) is 0 Å². The Balaban J connectivity index is 1.52. The molecule has 1 fully saturated rings. The average molecular weight is 472 g/mol. The number of aromatic nitrogens is 6. The number of carbonyl (C=O) groups is 1. The number of carbonyl (C=O) groups excluding carboxylic acids is 1. The van der Waals surface area contributed by atoms with Gasteiger partial charge in [-0.2, -0.15) is 23.4 Å². The van der Waals surface area contributed by atoms with Crippen molar-refractivity contribution in [1.29, 1.82) is 0 Å². The summed E-state index contributed by atoms with van der Waals surface area (Å²) in [5.74, 6) is -0.252. The van der Waals surface area contributed by atoms with Gasteiger partial charge in [-0.25, -0.2) is 14.5 Å². The van der Waals surface area contributed by atoms with Crippen LogP contribution in [0.1, 0.15) is 28.8 Å². The summed E-state index contributed by atoms with van der Waals surface area (Å²) < 4.78 is 48.9. The van der Waals surface area contributed by atoms with E-state index in [-0.39, 0.29) is 34.0 Å². The molecule has 1 saturated carbocycles. The van der Waals surface area contributed by atoms with Gasteiger partial charge >= 0.3 is 6.18 Å². The van der Waals surface area contributed by atoms with Gasteiger partial charge in [-0.1, -0.05) is 0 Å². The molecule has 34 heavy (non-hydrogen) atoms. The number of alkyl halides is 3. The monoisotopic (exact) mass is 472 g/mol. The number of nitrogens with zero attached hydrogens (tertiary/aromatic N) is 6. The lowest BCUT2D eigenvalue weighted by Crippen LogP contribution is -2.14. The number of hydrogen-bond donors (Lipinski definition) is 2. The number of pyridine rings is 1. The number of amides is 1. The molecule has 1 aliphatic rings. The number of nitrogen functional groups attached to an aromatic ring is 1. The number of nitrogens with one attached hydrogen (secondary N) is 1. The Morgan fingerprint density at radius 2 is 2.03 bits per heavy atom. The minimum atomic E-state index is -4.69. The number of halogens is 3. The molecule has 176 valence electrons. The number of methoxy groups -OCH3 is 1. The minimum Gasteiger partial charge on any atom is -0.480 e. The number of fused-ring (bicyclic) bond motifs is 1. The van der Waals surface area contributed by atoms with Crippen molar-refractivity contribution in [3.63, 3.8) is 0 Å². The number of nitrogens with two attached hydrogens (primary N) is 1. The van der Waals surface area contributed by atoms with Crippen LogP contribution < -0.4 is 15.8 Å². The van der Waals surface area contributed by atoms with Gasteiger partial charge in [0.25, 0.3) is 5.91 Å². The fraction of sp³-hybridized carbons (Fsp3) is 0.286. The molecule has 4 aromatic heterocycles. The van der Waals surface area contributed by atoms with E-state index in [1.54, 1.807) is 10.9 Å². The Bertz CT molecular complexity index is 1390. The molecule has 0 saturated heterocycles. The van der Waals surface area contributed by atoms with Crippen LogP contribution in [-0.2, 0) is 12.7 Å². The highest BCUT2D eigenvalue weighted by Crippen LogP contribution is 2.39. The van der Waals surface area contributed by atoms with Gasteiger partial charge in [0.15, 0.2) is 5.82 Å². The maximum atomic E-state index is 13.6. The highest BCUT2D eigenvalue weighted by atomic mass is 19.4. The zero-order valence-corrected chi connectivity index (χ0v) is 17.9. The van der Waals surface area contributed by atoms with Gasteiger partial charge in [-0.3, -0.25) is 9.48 Å². The molecule has 1 amide bonds. The molecule has 10 nitrogen and oxygen atoms in total. The van der Waals surface area contributed by atoms with Crippen LogP contribution in [-0.4, -0.2) is 42.4 Å². The lowest BCUT2D eigenvalue weighted by atomic mass is 10.1. The van der Waals surface area contributed by atoms with Crippen molar-refractivity contribution < 1.29 is 22.7 Å². The van der Waals surface area contributed by atoms with Crippen LogP contribution in [0.5, 0.6) is 5.88 Å². The van der Waals surface area contributed by atoms with Crippen molar-refractivity contribution in [3.05, 3.63) is 48.2 Å². The predicted molar refractivity (Wildman–Crippen MR) is 115 cm³/mol. The van der Waals surface area contributed by atoms with E-state index in [2.05, 4.69) is 25.5 Å². The Kier molecular flexibility index (Phi) is 5.10. The second kappa shape index (κ2) is 8.01. The second-order valence-corrected chi connectivity index (χ2v) is 7.98. The fourth-order valence-corrected chi connectivity index (χ4v) is 3.70. The first-order valence-electron chi connectivity index (χ1n) is 10.3. The summed E-state index contributed by atoms with van der Waals surface area (Å²) in [7, 11) is 1.34. The molecule has 0 radical (unpaired) electrons. The van der Waals surface area contributed by atoms with Crippen LogP contribution in [0.2, 0.25) is 0 Å². The van der Waals surface area contributed by atoms with Gasteiger partial charge in [-0.05, 0) is 30.9 Å². The van der Waals surface area contributed by atoms with Gasteiger partial charge in [0.05, 0.1) is 30.3 Å². The van der Waals surface area contributed by atoms with Crippen LogP contribution >= 0.6 is 0 Å². The molecule has 0 bridgehead atoms. The van der Waals surface area contributed by atoms with Crippen LogP contribution in [0.4, 0.5) is 24.7 Å². The molecule has 13 heteroatoms. The van der Waals surface area contributed by atoms with E-state index in [9.17, 15) is 18.0 Å². The average Bonchev–Trinajstić information content (AvgIpc) is 3.34. The third-order valence-corrected chi connectivity index (χ3v) is 5.51. The standard InChI is InChI=1S/C21H19F3N8O2/c1-34-20-14(19(33)30-13-7-28-31(9-13)8-11-2-3-11)4-12(6-26-20)16-5-15(21(22,23)24)17-18(25)27-10-29-32(16)17/h4-7,9-11H,2-3,8H2,1H3,(H,30,33)(H2,25,27,29). The number of ether oxygens (including phenoxy) is 1. The summed E-state index contributed by atoms with van der Waals surface area (Å²) in [5, 5.41) is 10.9. The Labute approximate surface area is 190 Å². The first-order valence-corrected chi connectivity index (χ1v) is 10.3. The van der Waals surface area contributed by atoms with Crippen molar-refractivity contribution in [2.24, 2.45) is 5.92 Å². The topological polar surface area (TPSA) is 125 Å². The summed E-state index contributed by atoms with van der Waals surface area (Å²) in [6.07, 6.45) is 3.23. The number of anilines is 2. The van der Waals surface area contributed by atoms with Crippen molar-refractivity contribution in [3.8, 4) is 17.1 Å². The van der Waals surface area contributed by atoms with Crippen LogP contribution in [0.25, 0.3) is 16.8 Å². The van der Waals surface area contributed by atoms with Crippen molar-refractivity contribution >= 4 is 22.9 Å². The molecule has 3 N–H and O–H groups in total. The molecule has 0 atom stereocenters. The largest absolute Gasteiger partial charge is 0.480 e. The molecule has 1 aliphatic carbocycles. The van der Waals surface area contributed by atoms with Gasteiger partial charge in [0, 0.05) is 24.5 Å².